The summed E-state index contributed by atoms with van der Waals surface area (Å²) in [5, 5.41) is 0. The van der Waals surface area contributed by atoms with E-state index in [-0.39, 0.29) is 18.1 Å². The predicted octanol–water partition coefficient (Wildman–Crippen LogP) is 5.42. The van der Waals surface area contributed by atoms with Crippen molar-refractivity contribution < 1.29 is 22.3 Å². The summed E-state index contributed by atoms with van der Waals surface area (Å²) in [5.74, 6) is 1.74. The van der Waals surface area contributed by atoms with E-state index in [1.165, 1.54) is 17.7 Å². The van der Waals surface area contributed by atoms with Crippen LogP contribution in [-0.4, -0.2) is 34.1 Å². The number of ether oxygens (including phenoxy) is 1. The van der Waals surface area contributed by atoms with Crippen molar-refractivity contribution in [2.24, 2.45) is 5.92 Å². The summed E-state index contributed by atoms with van der Waals surface area (Å²) < 4.78 is 43.5. The van der Waals surface area contributed by atoms with E-state index in [0.29, 0.717) is 41.9 Å². The van der Waals surface area contributed by atoms with Crippen LogP contribution < -0.4 is 9.46 Å². The number of ketones is 1. The van der Waals surface area contributed by atoms with E-state index in [1.807, 2.05) is 18.2 Å². The number of carbonyl (C=O) groups is 1. The molecule has 5 nitrogen and oxygen atoms in total. The first-order valence-corrected chi connectivity index (χ1v) is 13.5. The number of hydrogen-bond donors (Lipinski definition) is 1. The number of rotatable bonds is 11. The Morgan fingerprint density at radius 2 is 1.91 bits per heavy atom. The lowest BCUT2D eigenvalue weighted by Crippen LogP contribution is -2.23. The van der Waals surface area contributed by atoms with Crippen LogP contribution in [0.5, 0.6) is 5.75 Å². The summed E-state index contributed by atoms with van der Waals surface area (Å²) in [6, 6.07) is 12.7. The first-order valence-electron chi connectivity index (χ1n) is 11.6. The number of sulfonamides is 1. The topological polar surface area (TPSA) is 72.5 Å². The van der Waals surface area contributed by atoms with Crippen molar-refractivity contribution in [1.29, 1.82) is 0 Å². The summed E-state index contributed by atoms with van der Waals surface area (Å²) >= 11 is 0. The van der Waals surface area contributed by atoms with Crippen LogP contribution >= 0.6 is 0 Å². The number of methoxy groups -OCH3 is 1. The molecule has 0 aliphatic heterocycles. The van der Waals surface area contributed by atoms with Crippen molar-refractivity contribution in [3.63, 3.8) is 0 Å². The van der Waals surface area contributed by atoms with Crippen LogP contribution in [0.3, 0.4) is 0 Å². The normalized spacial score (nSPS) is 19.4. The van der Waals surface area contributed by atoms with Crippen LogP contribution in [0.4, 0.5) is 4.39 Å². The van der Waals surface area contributed by atoms with E-state index in [4.69, 9.17) is 4.74 Å². The van der Waals surface area contributed by atoms with Gasteiger partial charge in [-0.3, -0.25) is 4.79 Å². The van der Waals surface area contributed by atoms with Gasteiger partial charge in [0, 0.05) is 24.6 Å². The van der Waals surface area contributed by atoms with Gasteiger partial charge in [0.2, 0.25) is 10.0 Å². The van der Waals surface area contributed by atoms with E-state index in [1.54, 1.807) is 7.11 Å². The highest BCUT2D eigenvalue weighted by Crippen LogP contribution is 2.43. The van der Waals surface area contributed by atoms with E-state index >= 15 is 0 Å². The number of hydrogen-bond acceptors (Lipinski definition) is 4. The van der Waals surface area contributed by atoms with Gasteiger partial charge in [-0.2, -0.15) is 0 Å². The molecule has 180 valence electrons. The molecule has 2 aromatic carbocycles. The minimum atomic E-state index is -3.22. The highest BCUT2D eigenvalue weighted by atomic mass is 32.2. The molecular weight excluding hydrogens is 441 g/mol. The van der Waals surface area contributed by atoms with E-state index < -0.39 is 10.0 Å². The second-order valence-corrected chi connectivity index (χ2v) is 11.0. The fourth-order valence-corrected chi connectivity index (χ4v) is 5.42. The molecule has 1 N–H and O–H groups in total. The van der Waals surface area contributed by atoms with E-state index in [9.17, 15) is 17.6 Å². The highest BCUT2D eigenvalue weighted by Gasteiger charge is 2.28. The standard InChI is InChI=1S/C26H34FNO4S/c1-18(24-13-12-23(27)17-26(24)32-2)15-19-6-7-22(16-19)20-8-10-21(11-9-20)25(29)5-4-14-28-33(3,30)31/h8-13,17-19,22,28H,4-7,14-16H2,1-3H3/t18-,19?,22-/m0/s1. The molecular formula is C26H34FNO4S. The van der Waals surface area contributed by atoms with Crippen molar-refractivity contribution >= 4 is 15.8 Å². The van der Waals surface area contributed by atoms with Crippen LogP contribution in [-0.2, 0) is 10.0 Å². The van der Waals surface area contributed by atoms with Gasteiger partial charge in [-0.15, -0.1) is 0 Å². The Bertz CT molecular complexity index is 1050. The molecule has 1 unspecified atom stereocenters. The second-order valence-electron chi connectivity index (χ2n) is 9.21. The molecule has 0 aromatic heterocycles. The van der Waals surface area contributed by atoms with Gasteiger partial charge in [-0.1, -0.05) is 37.3 Å². The maximum atomic E-state index is 13.5. The number of nitrogens with one attached hydrogen (secondary N) is 1. The van der Waals surface area contributed by atoms with Crippen molar-refractivity contribution in [3.8, 4) is 5.75 Å². The third-order valence-electron chi connectivity index (χ3n) is 6.60. The fraction of sp³-hybridized carbons (Fsp3) is 0.500. The number of Topliss-reactive ketones (excluding diaryl/α,β-unsaturated/α-hetero) is 1. The molecule has 1 fully saturated rings. The summed E-state index contributed by atoms with van der Waals surface area (Å²) in [5.41, 5.74) is 2.99. The second kappa shape index (κ2) is 11.3. The Morgan fingerprint density at radius 3 is 2.58 bits per heavy atom. The summed E-state index contributed by atoms with van der Waals surface area (Å²) in [6.45, 7) is 2.45. The average molecular weight is 476 g/mol. The molecule has 1 aliphatic rings. The SMILES string of the molecule is COc1cc(F)ccc1[C@@H](C)CC1CC[C@H](c2ccc(C(=O)CCCNS(C)(=O)=O)cc2)C1. The predicted molar refractivity (Wildman–Crippen MR) is 129 cm³/mol. The van der Waals surface area contributed by atoms with Crippen molar-refractivity contribution in [2.45, 2.75) is 57.3 Å². The van der Waals surface area contributed by atoms with Gasteiger partial charge in [0.25, 0.3) is 0 Å². The fourth-order valence-electron chi connectivity index (χ4n) is 4.90. The van der Waals surface area contributed by atoms with Crippen molar-refractivity contribution in [2.75, 3.05) is 19.9 Å². The molecule has 1 saturated carbocycles. The molecule has 2 aromatic rings. The molecule has 7 heteroatoms. The zero-order valence-electron chi connectivity index (χ0n) is 19.6. The molecule has 0 saturated heterocycles. The lowest BCUT2D eigenvalue weighted by atomic mass is 9.87. The van der Waals surface area contributed by atoms with Crippen LogP contribution in [0.2, 0.25) is 0 Å². The van der Waals surface area contributed by atoms with Gasteiger partial charge >= 0.3 is 0 Å². The van der Waals surface area contributed by atoms with Crippen molar-refractivity contribution in [1.82, 2.24) is 4.72 Å². The zero-order chi connectivity index (χ0) is 24.0. The molecule has 3 rings (SSSR count). The smallest absolute Gasteiger partial charge is 0.208 e. The lowest BCUT2D eigenvalue weighted by molar-refractivity contribution is 0.0980. The van der Waals surface area contributed by atoms with Gasteiger partial charge in [-0.05, 0) is 67.1 Å². The summed E-state index contributed by atoms with van der Waals surface area (Å²) in [7, 11) is -1.64. The maximum absolute atomic E-state index is 13.5. The van der Waals surface area contributed by atoms with Gasteiger partial charge in [0.05, 0.1) is 13.4 Å². The quantitative estimate of drug-likeness (QED) is 0.348. The van der Waals surface area contributed by atoms with E-state index in [2.05, 4.69) is 23.8 Å². The Hall–Kier alpha value is -2.25. The van der Waals surface area contributed by atoms with Gasteiger partial charge in [-0.25, -0.2) is 17.5 Å². The van der Waals surface area contributed by atoms with Crippen LogP contribution in [0.25, 0.3) is 0 Å². The number of halogens is 1. The lowest BCUT2D eigenvalue weighted by Gasteiger charge is -2.19. The van der Waals surface area contributed by atoms with Gasteiger partial charge in [0.15, 0.2) is 5.78 Å². The Labute approximate surface area is 196 Å². The summed E-state index contributed by atoms with van der Waals surface area (Å²) in [4.78, 5) is 12.4. The summed E-state index contributed by atoms with van der Waals surface area (Å²) in [6.07, 6.45) is 6.35. The molecule has 0 bridgehead atoms. The Morgan fingerprint density at radius 1 is 1.18 bits per heavy atom. The molecule has 33 heavy (non-hydrogen) atoms. The third kappa shape index (κ3) is 7.37. The average Bonchev–Trinajstić information content (AvgIpc) is 3.24. The minimum Gasteiger partial charge on any atom is -0.496 e. The largest absolute Gasteiger partial charge is 0.496 e. The Balaban J connectivity index is 1.51. The molecule has 0 radical (unpaired) electrons. The number of carbonyl (C=O) groups excluding carboxylic acids is 1. The molecule has 0 spiro atoms. The van der Waals surface area contributed by atoms with Crippen LogP contribution in [0, 0.1) is 11.7 Å². The molecule has 1 aliphatic carbocycles. The van der Waals surface area contributed by atoms with Crippen molar-refractivity contribution in [3.05, 3.63) is 65.0 Å². The highest BCUT2D eigenvalue weighted by molar-refractivity contribution is 7.88. The Kier molecular flexibility index (Phi) is 8.65. The molecule has 3 atom stereocenters. The molecule has 0 amide bonds. The monoisotopic (exact) mass is 475 g/mol. The minimum absolute atomic E-state index is 0.0308. The van der Waals surface area contributed by atoms with Crippen LogP contribution in [0.1, 0.15) is 78.8 Å². The first kappa shape index (κ1) is 25.4. The van der Waals surface area contributed by atoms with Gasteiger partial charge in [0.1, 0.15) is 11.6 Å². The number of benzene rings is 2. The molecule has 0 heterocycles. The van der Waals surface area contributed by atoms with Crippen LogP contribution in [0.15, 0.2) is 42.5 Å². The third-order valence-corrected chi connectivity index (χ3v) is 7.33. The first-order chi connectivity index (χ1) is 15.7. The maximum Gasteiger partial charge on any atom is 0.208 e. The van der Waals surface area contributed by atoms with E-state index in [0.717, 1.165) is 37.5 Å². The van der Waals surface area contributed by atoms with Gasteiger partial charge < -0.3 is 4.74 Å². The zero-order valence-corrected chi connectivity index (χ0v) is 20.5.